The number of rotatable bonds is 7. The minimum atomic E-state index is -0.331. The zero-order chi connectivity index (χ0) is 18.2. The second-order valence-electron chi connectivity index (χ2n) is 6.10. The fourth-order valence-corrected chi connectivity index (χ4v) is 2.32. The number of aliphatic imine (C=N–C) groups is 1. The van der Waals surface area contributed by atoms with Gasteiger partial charge >= 0.3 is 0 Å². The first kappa shape index (κ1) is 18.6. The van der Waals surface area contributed by atoms with Crippen molar-refractivity contribution in [3.63, 3.8) is 0 Å². The van der Waals surface area contributed by atoms with Gasteiger partial charge in [-0.2, -0.15) is 0 Å². The Kier molecular flexibility index (Phi) is 6.66. The monoisotopic (exact) mass is 337 g/mol. The van der Waals surface area contributed by atoms with E-state index < -0.39 is 0 Å². The third kappa shape index (κ3) is 4.88. The number of ketones is 1. The van der Waals surface area contributed by atoms with Crippen LogP contribution in [0, 0.1) is 5.92 Å². The third-order valence-corrected chi connectivity index (χ3v) is 3.93. The maximum Gasteiger partial charge on any atom is 0.198 e. The van der Waals surface area contributed by atoms with Gasteiger partial charge in [-0.25, -0.2) is 0 Å². The SMILES string of the molecule is CC(C)[C@@H](CO)N=C/C(C(=O)c1ccccc1)=C(\O)c1ccccc1. The highest BCUT2D eigenvalue weighted by molar-refractivity contribution is 6.25. The van der Waals surface area contributed by atoms with E-state index in [1.54, 1.807) is 48.5 Å². The average Bonchev–Trinajstić information content (AvgIpc) is 2.65. The van der Waals surface area contributed by atoms with Crippen molar-refractivity contribution in [3.05, 3.63) is 77.4 Å². The van der Waals surface area contributed by atoms with Gasteiger partial charge in [-0.3, -0.25) is 9.79 Å². The van der Waals surface area contributed by atoms with Crippen LogP contribution in [0.25, 0.3) is 5.76 Å². The number of hydrogen-bond acceptors (Lipinski definition) is 4. The van der Waals surface area contributed by atoms with Crippen LogP contribution in [0.3, 0.4) is 0 Å². The van der Waals surface area contributed by atoms with Crippen LogP contribution >= 0.6 is 0 Å². The van der Waals surface area contributed by atoms with E-state index in [9.17, 15) is 15.0 Å². The summed E-state index contributed by atoms with van der Waals surface area (Å²) in [5.41, 5.74) is 1.12. The van der Waals surface area contributed by atoms with Crippen LogP contribution in [-0.4, -0.2) is 34.9 Å². The number of allylic oxidation sites excluding steroid dienone is 1. The number of Topliss-reactive ketones (excluding diaryl/α,β-unsaturated/α-hetero) is 1. The Morgan fingerprint density at radius 3 is 2.00 bits per heavy atom. The first-order chi connectivity index (χ1) is 12.0. The van der Waals surface area contributed by atoms with E-state index in [4.69, 9.17) is 0 Å². The largest absolute Gasteiger partial charge is 0.506 e. The van der Waals surface area contributed by atoms with E-state index in [2.05, 4.69) is 4.99 Å². The van der Waals surface area contributed by atoms with E-state index in [0.717, 1.165) is 0 Å². The smallest absolute Gasteiger partial charge is 0.198 e. The lowest BCUT2D eigenvalue weighted by Gasteiger charge is -2.13. The number of carbonyl (C=O) groups excluding carboxylic acids is 1. The van der Waals surface area contributed by atoms with E-state index in [1.807, 2.05) is 26.0 Å². The van der Waals surface area contributed by atoms with Crippen LogP contribution in [-0.2, 0) is 0 Å². The first-order valence-electron chi connectivity index (χ1n) is 8.27. The van der Waals surface area contributed by atoms with Gasteiger partial charge in [-0.15, -0.1) is 0 Å². The minimum Gasteiger partial charge on any atom is -0.506 e. The maximum absolute atomic E-state index is 12.9. The molecule has 0 heterocycles. The molecule has 2 N–H and O–H groups in total. The number of benzene rings is 2. The van der Waals surface area contributed by atoms with Crippen molar-refractivity contribution in [2.75, 3.05) is 6.61 Å². The van der Waals surface area contributed by atoms with E-state index >= 15 is 0 Å². The van der Waals surface area contributed by atoms with Gasteiger partial charge in [0.2, 0.25) is 0 Å². The van der Waals surface area contributed by atoms with Gasteiger partial charge in [-0.1, -0.05) is 74.5 Å². The summed E-state index contributed by atoms with van der Waals surface area (Å²) < 4.78 is 0. The molecule has 1 atom stereocenters. The Morgan fingerprint density at radius 1 is 1.00 bits per heavy atom. The number of nitrogens with zero attached hydrogens (tertiary/aromatic N) is 1. The summed E-state index contributed by atoms with van der Waals surface area (Å²) in [7, 11) is 0. The van der Waals surface area contributed by atoms with Crippen molar-refractivity contribution < 1.29 is 15.0 Å². The molecule has 0 aliphatic rings. The topological polar surface area (TPSA) is 69.9 Å². The molecule has 0 radical (unpaired) electrons. The Hall–Kier alpha value is -2.72. The summed E-state index contributed by atoms with van der Waals surface area (Å²) >= 11 is 0. The molecule has 25 heavy (non-hydrogen) atoms. The highest BCUT2D eigenvalue weighted by atomic mass is 16.3. The van der Waals surface area contributed by atoms with Crippen LogP contribution < -0.4 is 0 Å². The summed E-state index contributed by atoms with van der Waals surface area (Å²) in [6.07, 6.45) is 1.37. The molecule has 0 aliphatic carbocycles. The fourth-order valence-electron chi connectivity index (χ4n) is 2.32. The van der Waals surface area contributed by atoms with Crippen LogP contribution in [0.1, 0.15) is 29.8 Å². The van der Waals surface area contributed by atoms with Gasteiger partial charge in [0.15, 0.2) is 5.78 Å². The molecule has 0 aliphatic heterocycles. The van der Waals surface area contributed by atoms with Crippen LogP contribution in [0.5, 0.6) is 0 Å². The molecule has 2 aromatic rings. The Morgan fingerprint density at radius 2 is 1.52 bits per heavy atom. The number of aliphatic hydroxyl groups excluding tert-OH is 2. The van der Waals surface area contributed by atoms with Gasteiger partial charge in [0.1, 0.15) is 5.76 Å². The predicted molar refractivity (Wildman–Crippen MR) is 101 cm³/mol. The molecule has 2 rings (SSSR count). The number of carbonyl (C=O) groups is 1. The second kappa shape index (κ2) is 8.94. The van der Waals surface area contributed by atoms with Gasteiger partial charge < -0.3 is 10.2 Å². The Balaban J connectivity index is 2.48. The molecule has 0 amide bonds. The predicted octanol–water partition coefficient (Wildman–Crippen LogP) is 3.93. The van der Waals surface area contributed by atoms with E-state index in [1.165, 1.54) is 6.21 Å². The molecule has 0 spiro atoms. The number of aliphatic hydroxyl groups is 2. The first-order valence-corrected chi connectivity index (χ1v) is 8.27. The van der Waals surface area contributed by atoms with Crippen LogP contribution in [0.4, 0.5) is 0 Å². The molecular weight excluding hydrogens is 314 g/mol. The molecular formula is C21H23NO3. The quantitative estimate of drug-likeness (QED) is 0.348. The maximum atomic E-state index is 12.9. The Labute approximate surface area is 148 Å². The van der Waals surface area contributed by atoms with Crippen molar-refractivity contribution >= 4 is 17.8 Å². The lowest BCUT2D eigenvalue weighted by Crippen LogP contribution is -2.19. The molecule has 0 unspecified atom stereocenters. The zero-order valence-electron chi connectivity index (χ0n) is 14.5. The number of hydrogen-bond donors (Lipinski definition) is 2. The molecule has 130 valence electrons. The molecule has 2 aromatic carbocycles. The van der Waals surface area contributed by atoms with Gasteiger partial charge in [-0.05, 0) is 5.92 Å². The van der Waals surface area contributed by atoms with Crippen molar-refractivity contribution in [2.24, 2.45) is 10.9 Å². The molecule has 0 fully saturated rings. The van der Waals surface area contributed by atoms with Crippen molar-refractivity contribution in [2.45, 2.75) is 19.9 Å². The highest BCUT2D eigenvalue weighted by Gasteiger charge is 2.18. The summed E-state index contributed by atoms with van der Waals surface area (Å²) in [5, 5.41) is 20.1. The second-order valence-corrected chi connectivity index (χ2v) is 6.10. The van der Waals surface area contributed by atoms with E-state index in [-0.39, 0.29) is 35.7 Å². The minimum absolute atomic E-state index is 0.108. The fraction of sp³-hybridized carbons (Fsp3) is 0.238. The lowest BCUT2D eigenvalue weighted by atomic mass is 9.99. The lowest BCUT2D eigenvalue weighted by molar-refractivity contribution is 0.104. The molecule has 4 heteroatoms. The van der Waals surface area contributed by atoms with Crippen molar-refractivity contribution in [3.8, 4) is 0 Å². The van der Waals surface area contributed by atoms with Crippen LogP contribution in [0.2, 0.25) is 0 Å². The molecule has 0 saturated carbocycles. The normalized spacial score (nSPS) is 13.8. The molecule has 0 saturated heterocycles. The van der Waals surface area contributed by atoms with Crippen molar-refractivity contribution in [1.29, 1.82) is 0 Å². The standard InChI is InChI=1S/C21H23NO3/c1-15(2)19(14-23)22-13-18(20(24)16-9-5-3-6-10-16)21(25)17-11-7-4-8-12-17/h3-13,15,19,23-24H,14H2,1-2H3/b20-18+,22-13?/t19-/m1/s1. The average molecular weight is 337 g/mol. The summed E-state index contributed by atoms with van der Waals surface area (Å²) in [5.74, 6) is -0.321. The molecule has 0 bridgehead atoms. The Bertz CT molecular complexity index is 749. The van der Waals surface area contributed by atoms with Crippen LogP contribution in [0.15, 0.2) is 71.2 Å². The van der Waals surface area contributed by atoms with Gasteiger partial charge in [0.05, 0.1) is 18.2 Å². The van der Waals surface area contributed by atoms with Gasteiger partial charge in [0, 0.05) is 17.3 Å². The molecule has 4 nitrogen and oxygen atoms in total. The summed E-state index contributed by atoms with van der Waals surface area (Å²) in [6, 6.07) is 17.3. The highest BCUT2D eigenvalue weighted by Crippen LogP contribution is 2.19. The van der Waals surface area contributed by atoms with Gasteiger partial charge in [0.25, 0.3) is 0 Å². The summed E-state index contributed by atoms with van der Waals surface area (Å²) in [4.78, 5) is 17.2. The van der Waals surface area contributed by atoms with E-state index in [0.29, 0.717) is 11.1 Å². The molecule has 0 aromatic heterocycles. The zero-order valence-corrected chi connectivity index (χ0v) is 14.5. The third-order valence-electron chi connectivity index (χ3n) is 3.93. The van der Waals surface area contributed by atoms with Crippen molar-refractivity contribution in [1.82, 2.24) is 0 Å². The summed E-state index contributed by atoms with van der Waals surface area (Å²) in [6.45, 7) is 3.77.